The highest BCUT2D eigenvalue weighted by Gasteiger charge is 2.37. The van der Waals surface area contributed by atoms with Crippen LogP contribution < -0.4 is 0 Å². The van der Waals surface area contributed by atoms with Crippen molar-refractivity contribution in [3.05, 3.63) is 201 Å². The minimum absolute atomic E-state index is 0.0280. The molecule has 1 nitrogen and oxygen atoms in total. The van der Waals surface area contributed by atoms with Crippen molar-refractivity contribution in [2.75, 3.05) is 0 Å². The van der Waals surface area contributed by atoms with Gasteiger partial charge >= 0.3 is 0 Å². The van der Waals surface area contributed by atoms with Crippen LogP contribution in [0.4, 0.5) is 5.69 Å². The molecule has 208 valence electrons. The quantitative estimate of drug-likeness (QED) is 0.235. The Morgan fingerprint density at radius 2 is 1.50 bits per heavy atom. The fourth-order valence-corrected chi connectivity index (χ4v) is 7.94. The summed E-state index contributed by atoms with van der Waals surface area (Å²) in [5, 5.41) is 0. The van der Waals surface area contributed by atoms with Crippen molar-refractivity contribution in [2.45, 2.75) is 19.3 Å². The van der Waals surface area contributed by atoms with Gasteiger partial charge in [-0.25, -0.2) is 0 Å². The highest BCUT2D eigenvalue weighted by atomic mass is 14.8. The maximum absolute atomic E-state index is 5.32. The Kier molecular flexibility index (Phi) is 5.68. The number of allylic oxidation sites excluding steroid dienone is 14. The molecule has 1 heteroatoms. The Bertz CT molecular complexity index is 2120. The molecule has 1 heterocycles. The summed E-state index contributed by atoms with van der Waals surface area (Å²) in [7, 11) is 0. The predicted octanol–water partition coefficient (Wildman–Crippen LogP) is 10.6. The van der Waals surface area contributed by atoms with Crippen LogP contribution in [-0.2, 0) is 0 Å². The van der Waals surface area contributed by atoms with Gasteiger partial charge < -0.3 is 0 Å². The van der Waals surface area contributed by atoms with E-state index in [9.17, 15) is 0 Å². The van der Waals surface area contributed by atoms with Crippen molar-refractivity contribution < 1.29 is 0 Å². The molecule has 1 aliphatic heterocycles. The third kappa shape index (κ3) is 3.76. The van der Waals surface area contributed by atoms with Crippen LogP contribution in [0.5, 0.6) is 0 Å². The van der Waals surface area contributed by atoms with Crippen molar-refractivity contribution in [1.82, 2.24) is 0 Å². The van der Waals surface area contributed by atoms with Crippen LogP contribution in [0.1, 0.15) is 40.2 Å². The molecule has 0 spiro atoms. The van der Waals surface area contributed by atoms with Gasteiger partial charge in [0.1, 0.15) is 0 Å². The van der Waals surface area contributed by atoms with Crippen LogP contribution in [-0.4, -0.2) is 5.71 Å². The molecule has 0 amide bonds. The summed E-state index contributed by atoms with van der Waals surface area (Å²) in [5.41, 5.74) is 19.5. The minimum Gasteiger partial charge on any atom is -0.251 e. The first-order chi connectivity index (χ1) is 21.8. The SMILES string of the molecule is Cc1cccc2c1C(c1cccc(C3=C4C=CC=C5C=CC6=C(C(=C3)CC=C6)C54)c1-c1ccccc1)C(c1ccccc1)=N2. The molecule has 0 N–H and O–H groups in total. The van der Waals surface area contributed by atoms with Gasteiger partial charge in [0.05, 0.1) is 17.3 Å². The van der Waals surface area contributed by atoms with Crippen LogP contribution in [0.15, 0.2) is 179 Å². The van der Waals surface area contributed by atoms with Crippen LogP contribution in [0, 0.1) is 12.8 Å². The normalized spacial score (nSPS) is 20.7. The van der Waals surface area contributed by atoms with Gasteiger partial charge in [0.25, 0.3) is 0 Å². The van der Waals surface area contributed by atoms with Crippen LogP contribution in [0.3, 0.4) is 0 Å². The van der Waals surface area contributed by atoms with Gasteiger partial charge in [0, 0.05) is 5.92 Å². The first-order valence-electron chi connectivity index (χ1n) is 15.6. The topological polar surface area (TPSA) is 12.4 Å². The zero-order chi connectivity index (χ0) is 29.2. The average Bonchev–Trinajstić information content (AvgIpc) is 3.48. The lowest BCUT2D eigenvalue weighted by atomic mass is 9.66. The minimum atomic E-state index is 0.0280. The molecule has 0 radical (unpaired) electrons. The van der Waals surface area contributed by atoms with E-state index in [-0.39, 0.29) is 11.8 Å². The number of benzene rings is 4. The zero-order valence-electron chi connectivity index (χ0n) is 24.7. The Morgan fingerprint density at radius 3 is 2.34 bits per heavy atom. The molecule has 2 atom stereocenters. The second-order valence-corrected chi connectivity index (χ2v) is 12.2. The molecular formula is C43H31N. The molecular weight excluding hydrogens is 530 g/mol. The molecule has 0 fully saturated rings. The molecule has 2 unspecified atom stereocenters. The van der Waals surface area contributed by atoms with Gasteiger partial charge in [-0.05, 0) is 91.8 Å². The van der Waals surface area contributed by atoms with E-state index in [0.717, 1.165) is 17.8 Å². The van der Waals surface area contributed by atoms with Gasteiger partial charge in [0.15, 0.2) is 0 Å². The van der Waals surface area contributed by atoms with E-state index >= 15 is 0 Å². The number of rotatable bonds is 4. The number of aryl methyl sites for hydroxylation is 1. The molecule has 4 aromatic rings. The standard InChI is InChI=1S/C43H31N/c1-27-12-8-23-37-38(27)42(43(44-37)31-15-6-3-7-16-31)35-22-11-21-33(40(35)28-13-4-2-5-14-28)36-26-32-19-9-17-29-24-25-30-18-10-20-34(36)41(30)39(29)32/h2-18,20-26,41-42H,19H2,1H3. The van der Waals surface area contributed by atoms with E-state index in [2.05, 4.69) is 153 Å². The summed E-state index contributed by atoms with van der Waals surface area (Å²) in [6, 6.07) is 35.2. The smallest absolute Gasteiger partial charge is 0.0678 e. The first-order valence-corrected chi connectivity index (χ1v) is 15.6. The van der Waals surface area contributed by atoms with Crippen molar-refractivity contribution in [2.24, 2.45) is 10.9 Å². The Hall–Kier alpha value is -5.27. The lowest BCUT2D eigenvalue weighted by molar-refractivity contribution is 0.836. The fraction of sp³-hybridized carbons (Fsp3) is 0.0930. The lowest BCUT2D eigenvalue weighted by Gasteiger charge is -2.37. The summed E-state index contributed by atoms with van der Waals surface area (Å²) < 4.78 is 0. The third-order valence-corrected chi connectivity index (χ3v) is 9.81. The maximum atomic E-state index is 5.32. The molecule has 44 heavy (non-hydrogen) atoms. The zero-order valence-corrected chi connectivity index (χ0v) is 24.7. The van der Waals surface area contributed by atoms with Crippen molar-refractivity contribution in [3.63, 3.8) is 0 Å². The van der Waals surface area contributed by atoms with Crippen LogP contribution in [0.2, 0.25) is 0 Å². The van der Waals surface area contributed by atoms with Gasteiger partial charge in [-0.15, -0.1) is 0 Å². The van der Waals surface area contributed by atoms with Gasteiger partial charge in [0.2, 0.25) is 0 Å². The molecule has 4 aromatic carbocycles. The number of fused-ring (bicyclic) bond motifs is 1. The number of aliphatic imine (C=N–C) groups is 1. The lowest BCUT2D eigenvalue weighted by Crippen LogP contribution is -2.22. The number of nitrogens with zero attached hydrogens (tertiary/aromatic N) is 1. The number of hydrogen-bond donors (Lipinski definition) is 0. The van der Waals surface area contributed by atoms with Crippen molar-refractivity contribution >= 4 is 17.0 Å². The Balaban J connectivity index is 1.33. The van der Waals surface area contributed by atoms with Crippen LogP contribution in [0.25, 0.3) is 16.7 Å². The monoisotopic (exact) mass is 561 g/mol. The molecule has 0 saturated heterocycles. The van der Waals surface area contributed by atoms with E-state index < -0.39 is 0 Å². The molecule has 9 rings (SSSR count). The molecule has 0 saturated carbocycles. The summed E-state index contributed by atoms with van der Waals surface area (Å²) >= 11 is 0. The molecule has 4 aliphatic carbocycles. The van der Waals surface area contributed by atoms with Crippen LogP contribution >= 0.6 is 0 Å². The second-order valence-electron chi connectivity index (χ2n) is 12.2. The largest absolute Gasteiger partial charge is 0.251 e. The summed E-state index contributed by atoms with van der Waals surface area (Å²) in [5.74, 6) is 0.309. The van der Waals surface area contributed by atoms with E-state index in [1.165, 1.54) is 72.4 Å². The Morgan fingerprint density at radius 1 is 0.705 bits per heavy atom. The van der Waals surface area contributed by atoms with E-state index in [0.29, 0.717) is 0 Å². The first kappa shape index (κ1) is 25.2. The second kappa shape index (κ2) is 9.89. The van der Waals surface area contributed by atoms with Gasteiger partial charge in [-0.3, -0.25) is 4.99 Å². The molecule has 0 aromatic heterocycles. The molecule has 0 bridgehead atoms. The predicted molar refractivity (Wildman–Crippen MR) is 183 cm³/mol. The van der Waals surface area contributed by atoms with Crippen molar-refractivity contribution in [1.29, 1.82) is 0 Å². The van der Waals surface area contributed by atoms with Gasteiger partial charge in [-0.2, -0.15) is 0 Å². The van der Waals surface area contributed by atoms with Crippen molar-refractivity contribution in [3.8, 4) is 11.1 Å². The highest BCUT2D eigenvalue weighted by Crippen LogP contribution is 2.53. The summed E-state index contributed by atoms with van der Waals surface area (Å²) in [6.07, 6.45) is 19.6. The van der Waals surface area contributed by atoms with Gasteiger partial charge in [-0.1, -0.05) is 140 Å². The van der Waals surface area contributed by atoms with E-state index in [1.807, 2.05) is 0 Å². The highest BCUT2D eigenvalue weighted by molar-refractivity contribution is 6.13. The van der Waals surface area contributed by atoms with E-state index in [1.54, 1.807) is 0 Å². The number of hydrogen-bond acceptors (Lipinski definition) is 1. The van der Waals surface area contributed by atoms with E-state index in [4.69, 9.17) is 4.99 Å². The maximum Gasteiger partial charge on any atom is 0.0678 e. The summed E-state index contributed by atoms with van der Waals surface area (Å²) in [4.78, 5) is 5.32. The third-order valence-electron chi connectivity index (χ3n) is 9.81. The Labute approximate surface area is 259 Å². The molecule has 5 aliphatic rings. The average molecular weight is 562 g/mol. The summed E-state index contributed by atoms with van der Waals surface area (Å²) in [6.45, 7) is 2.23. The fourth-order valence-electron chi connectivity index (χ4n) is 7.94.